The Balaban J connectivity index is 1.71. The lowest BCUT2D eigenvalue weighted by Gasteiger charge is -2.39. The number of amides is 1. The highest BCUT2D eigenvalue weighted by Gasteiger charge is 2.46. The number of carbonyl (C=O) groups is 2. The van der Waals surface area contributed by atoms with Gasteiger partial charge in [-0.2, -0.15) is 18.3 Å². The van der Waals surface area contributed by atoms with Crippen molar-refractivity contribution in [3.8, 4) is 0 Å². The van der Waals surface area contributed by atoms with E-state index < -0.39 is 54.2 Å². The first-order chi connectivity index (χ1) is 19.0. The highest BCUT2D eigenvalue weighted by atomic mass is 19.4. The molecular weight excluding hydrogens is 532 g/mol. The molecule has 0 saturated heterocycles. The van der Waals surface area contributed by atoms with Gasteiger partial charge in [0.05, 0.1) is 30.7 Å². The van der Waals surface area contributed by atoms with E-state index in [1.54, 1.807) is 6.92 Å². The Kier molecular flexibility index (Phi) is 8.31. The van der Waals surface area contributed by atoms with Crippen molar-refractivity contribution in [1.82, 2.24) is 19.7 Å². The van der Waals surface area contributed by atoms with Gasteiger partial charge in [0.2, 0.25) is 5.82 Å². The Morgan fingerprint density at radius 2 is 1.93 bits per heavy atom. The van der Waals surface area contributed by atoms with Gasteiger partial charge in [-0.15, -0.1) is 10.2 Å². The van der Waals surface area contributed by atoms with Crippen molar-refractivity contribution < 1.29 is 31.9 Å². The number of hydrogen-bond donors (Lipinski definition) is 1. The van der Waals surface area contributed by atoms with Gasteiger partial charge in [-0.3, -0.25) is 9.59 Å². The number of carbonyl (C=O) groups excluding carboxylic acids is 2. The van der Waals surface area contributed by atoms with Crippen LogP contribution in [0.15, 0.2) is 47.6 Å². The minimum absolute atomic E-state index is 0.0240. The number of fused-ring (bicyclic) bond motifs is 1. The topological polar surface area (TPSA) is 114 Å². The van der Waals surface area contributed by atoms with Gasteiger partial charge >= 0.3 is 12.1 Å². The number of rotatable bonds is 8. The number of hydrogen-bond acceptors (Lipinski definition) is 7. The van der Waals surface area contributed by atoms with Gasteiger partial charge in [-0.1, -0.05) is 30.3 Å². The Hall–Kier alpha value is -4.16. The molecule has 1 aliphatic rings. The molecule has 4 rings (SSSR count). The number of aryl methyl sites for hydroxylation is 1. The highest BCUT2D eigenvalue weighted by molar-refractivity contribution is 5.95. The maximum Gasteiger partial charge on any atom is 0.451 e. The number of halogens is 4. The quantitative estimate of drug-likeness (QED) is 0.214. The minimum Gasteiger partial charge on any atom is -0.466 e. The molecule has 2 heterocycles. The van der Waals surface area contributed by atoms with E-state index in [0.717, 1.165) is 26.7 Å². The minimum atomic E-state index is -4.81. The van der Waals surface area contributed by atoms with Crippen molar-refractivity contribution >= 4 is 11.9 Å². The van der Waals surface area contributed by atoms with Crippen LogP contribution in [0.1, 0.15) is 77.1 Å². The summed E-state index contributed by atoms with van der Waals surface area (Å²) >= 11 is 0. The summed E-state index contributed by atoms with van der Waals surface area (Å²) in [4.78, 5) is 27.3. The molecule has 0 spiro atoms. The van der Waals surface area contributed by atoms with Crippen molar-refractivity contribution in [2.75, 3.05) is 13.2 Å². The summed E-state index contributed by atoms with van der Waals surface area (Å²) in [7, 11) is 0. The van der Waals surface area contributed by atoms with Crippen LogP contribution >= 0.6 is 0 Å². The number of alkyl halides is 3. The van der Waals surface area contributed by atoms with Crippen LogP contribution in [-0.2, 0) is 22.1 Å². The average molecular weight is 561 g/mol. The van der Waals surface area contributed by atoms with Gasteiger partial charge in [-0.05, 0) is 49.6 Å². The predicted molar refractivity (Wildman–Crippen MR) is 134 cm³/mol. The summed E-state index contributed by atoms with van der Waals surface area (Å²) in [5.41, 5.74) is 9.63. The van der Waals surface area contributed by atoms with Crippen LogP contribution in [0.25, 0.3) is 0 Å². The number of aromatic nitrogens is 3. The highest BCUT2D eigenvalue weighted by Crippen LogP contribution is 2.39. The first-order valence-electron chi connectivity index (χ1n) is 12.6. The lowest BCUT2D eigenvalue weighted by Crippen LogP contribution is -2.46. The summed E-state index contributed by atoms with van der Waals surface area (Å²) in [5, 5.41) is 10.7. The summed E-state index contributed by atoms with van der Waals surface area (Å²) in [6.07, 6.45) is -5.09. The molecule has 1 aromatic heterocycles. The Labute approximate surface area is 227 Å². The molecule has 3 aromatic rings. The molecule has 3 unspecified atom stereocenters. The van der Waals surface area contributed by atoms with Crippen molar-refractivity contribution in [1.29, 1.82) is 5.53 Å². The number of ether oxygens (including phenoxy) is 1. The molecule has 0 fully saturated rings. The fraction of sp³-hybridized carbons (Fsp3) is 0.407. The Bertz CT molecular complexity index is 1420. The average Bonchev–Trinajstić information content (AvgIpc) is 3.37. The molecule has 0 bridgehead atoms. The Morgan fingerprint density at radius 3 is 2.58 bits per heavy atom. The SMILES string of the molecule is CCOC(=O)CC1c2nnc(C(F)(F)F)n2C(C)CN1C(=O)c1cc(CC(N=N)c2ccccc2C)ccc1F. The summed E-state index contributed by atoms with van der Waals surface area (Å²) in [6, 6.07) is 8.62. The van der Waals surface area contributed by atoms with Crippen LogP contribution in [0.4, 0.5) is 17.6 Å². The molecule has 13 heteroatoms. The fourth-order valence-corrected chi connectivity index (χ4v) is 5.02. The lowest BCUT2D eigenvalue weighted by atomic mass is 9.94. The van der Waals surface area contributed by atoms with E-state index in [4.69, 9.17) is 10.3 Å². The van der Waals surface area contributed by atoms with Crippen LogP contribution in [0.2, 0.25) is 0 Å². The molecule has 0 aliphatic carbocycles. The maximum absolute atomic E-state index is 15.1. The molecule has 3 atom stereocenters. The number of esters is 1. The zero-order valence-corrected chi connectivity index (χ0v) is 22.1. The third-order valence-corrected chi connectivity index (χ3v) is 6.87. The van der Waals surface area contributed by atoms with E-state index in [-0.39, 0.29) is 31.0 Å². The predicted octanol–water partition coefficient (Wildman–Crippen LogP) is 5.77. The number of nitrogens with one attached hydrogen (secondary N) is 1. The van der Waals surface area contributed by atoms with Gasteiger partial charge in [0.1, 0.15) is 11.9 Å². The third-order valence-electron chi connectivity index (χ3n) is 6.87. The zero-order valence-electron chi connectivity index (χ0n) is 22.1. The first-order valence-corrected chi connectivity index (χ1v) is 12.6. The zero-order chi connectivity index (χ0) is 29.2. The normalized spacial score (nSPS) is 17.7. The second kappa shape index (κ2) is 11.5. The van der Waals surface area contributed by atoms with E-state index in [2.05, 4.69) is 15.3 Å². The Morgan fingerprint density at radius 1 is 1.20 bits per heavy atom. The molecule has 1 aliphatic heterocycles. The van der Waals surface area contributed by atoms with Crippen LogP contribution in [-0.4, -0.2) is 44.7 Å². The fourth-order valence-electron chi connectivity index (χ4n) is 5.02. The molecule has 40 heavy (non-hydrogen) atoms. The standard InChI is InChI=1S/C27H28F4N6O3/c1-4-40-23(38)13-22-24-34-35-26(27(29,30)31)37(24)16(3)14-36(22)25(39)19-11-17(9-10-20(19)28)12-21(33-32)18-8-6-5-7-15(18)2/h5-11,16,21-22,32H,4,12-14H2,1-3H3. The van der Waals surface area contributed by atoms with E-state index >= 15 is 4.39 Å². The van der Waals surface area contributed by atoms with Gasteiger partial charge in [0, 0.05) is 13.0 Å². The van der Waals surface area contributed by atoms with Crippen molar-refractivity contribution in [2.24, 2.45) is 5.11 Å². The van der Waals surface area contributed by atoms with Crippen molar-refractivity contribution in [3.05, 3.63) is 82.2 Å². The van der Waals surface area contributed by atoms with Gasteiger partial charge in [-0.25, -0.2) is 9.92 Å². The number of nitrogens with zero attached hydrogens (tertiary/aromatic N) is 5. The third kappa shape index (κ3) is 5.73. The van der Waals surface area contributed by atoms with E-state index in [0.29, 0.717) is 5.56 Å². The van der Waals surface area contributed by atoms with E-state index in [1.165, 1.54) is 19.1 Å². The van der Waals surface area contributed by atoms with E-state index in [9.17, 15) is 22.8 Å². The monoisotopic (exact) mass is 560 g/mol. The van der Waals surface area contributed by atoms with Crippen LogP contribution in [0.3, 0.4) is 0 Å². The van der Waals surface area contributed by atoms with Crippen LogP contribution < -0.4 is 0 Å². The summed E-state index contributed by atoms with van der Waals surface area (Å²) in [5.74, 6) is -3.90. The molecule has 0 saturated carbocycles. The van der Waals surface area contributed by atoms with Crippen molar-refractivity contribution in [2.45, 2.75) is 57.9 Å². The second-order valence-corrected chi connectivity index (χ2v) is 9.60. The van der Waals surface area contributed by atoms with Gasteiger partial charge < -0.3 is 14.2 Å². The van der Waals surface area contributed by atoms with Crippen LogP contribution in [0, 0.1) is 18.3 Å². The largest absolute Gasteiger partial charge is 0.466 e. The molecule has 1 N–H and O–H groups in total. The summed E-state index contributed by atoms with van der Waals surface area (Å²) < 4.78 is 61.8. The smallest absolute Gasteiger partial charge is 0.451 e. The van der Waals surface area contributed by atoms with Crippen molar-refractivity contribution in [3.63, 3.8) is 0 Å². The number of benzene rings is 2. The molecular formula is C27H28F4N6O3. The van der Waals surface area contributed by atoms with Gasteiger partial charge in [0.25, 0.3) is 5.91 Å². The molecule has 2 aromatic carbocycles. The molecule has 212 valence electrons. The second-order valence-electron chi connectivity index (χ2n) is 9.60. The molecule has 0 radical (unpaired) electrons. The lowest BCUT2D eigenvalue weighted by molar-refractivity contribution is -0.148. The molecule has 9 nitrogen and oxygen atoms in total. The summed E-state index contributed by atoms with van der Waals surface area (Å²) in [6.45, 7) is 4.68. The van der Waals surface area contributed by atoms with Crippen LogP contribution in [0.5, 0.6) is 0 Å². The first kappa shape index (κ1) is 28.8. The maximum atomic E-state index is 15.1. The van der Waals surface area contributed by atoms with Gasteiger partial charge in [0.15, 0.2) is 5.82 Å². The van der Waals surface area contributed by atoms with E-state index in [1.807, 2.05) is 31.2 Å². The molecule has 1 amide bonds.